The third-order valence-electron chi connectivity index (χ3n) is 5.61. The molecule has 31 heavy (non-hydrogen) atoms. The van der Waals surface area contributed by atoms with E-state index in [4.69, 9.17) is 9.47 Å². The van der Waals surface area contributed by atoms with Crippen LogP contribution >= 0.6 is 11.9 Å². The molecule has 2 aromatic carbocycles. The zero-order chi connectivity index (χ0) is 22.3. The van der Waals surface area contributed by atoms with E-state index in [0.29, 0.717) is 29.9 Å². The highest BCUT2D eigenvalue weighted by atomic mass is 32.2. The monoisotopic (exact) mass is 435 g/mol. The molecule has 160 valence electrons. The van der Waals surface area contributed by atoms with Gasteiger partial charge in [0.1, 0.15) is 12.4 Å². The fraction of sp³-hybridized carbons (Fsp3) is 0.333. The van der Waals surface area contributed by atoms with Crippen LogP contribution in [0.2, 0.25) is 0 Å². The fourth-order valence-corrected chi connectivity index (χ4v) is 4.89. The van der Waals surface area contributed by atoms with Gasteiger partial charge in [-0.05, 0) is 55.9 Å². The molecule has 0 spiro atoms. The molecule has 1 aliphatic rings. The maximum absolute atomic E-state index is 13.7. The average molecular weight is 436 g/mol. The molecule has 1 aliphatic carbocycles. The number of aromatic nitrogens is 1. The Labute approximate surface area is 186 Å². The van der Waals surface area contributed by atoms with Crippen molar-refractivity contribution < 1.29 is 14.3 Å². The number of hydrogen-bond donors (Lipinski definition) is 1. The Morgan fingerprint density at radius 1 is 1.19 bits per heavy atom. The maximum Gasteiger partial charge on any atom is 0.195 e. The number of ether oxygens (including phenoxy) is 2. The summed E-state index contributed by atoms with van der Waals surface area (Å²) in [6, 6.07) is 11.5. The third kappa shape index (κ3) is 3.61. The Bertz CT molecular complexity index is 1220. The van der Waals surface area contributed by atoms with Crippen LogP contribution in [0.25, 0.3) is 10.9 Å². The number of hydrogen-bond acceptors (Lipinski definition) is 6. The number of nitrogens with one attached hydrogen (secondary N) is 1. The standard InChI is InChI=1S/C24H25N3O3S/c1-24(2)17-12-19(30-9-8-29-5)20(31-27(3)4)11-16(17)22(28)21-15-7-6-14(13-25)10-18(15)26-23(21)24/h6-7,10-12,26H,8-9H2,1-5H3. The molecule has 1 N–H and O–H groups in total. The highest BCUT2D eigenvalue weighted by molar-refractivity contribution is 7.97. The highest BCUT2D eigenvalue weighted by Crippen LogP contribution is 2.47. The lowest BCUT2D eigenvalue weighted by Gasteiger charge is -2.33. The summed E-state index contributed by atoms with van der Waals surface area (Å²) in [6.45, 7) is 5.13. The Kier molecular flexibility index (Phi) is 5.56. The Balaban J connectivity index is 1.91. The van der Waals surface area contributed by atoms with Crippen molar-refractivity contribution in [2.75, 3.05) is 34.4 Å². The summed E-state index contributed by atoms with van der Waals surface area (Å²) in [6.07, 6.45) is 0. The van der Waals surface area contributed by atoms with Gasteiger partial charge >= 0.3 is 0 Å². The van der Waals surface area contributed by atoms with Gasteiger partial charge in [0.15, 0.2) is 5.78 Å². The van der Waals surface area contributed by atoms with Gasteiger partial charge in [-0.25, -0.2) is 0 Å². The van der Waals surface area contributed by atoms with Gasteiger partial charge < -0.3 is 14.5 Å². The summed E-state index contributed by atoms with van der Waals surface area (Å²) in [5.74, 6) is 0.728. The van der Waals surface area contributed by atoms with Gasteiger partial charge in [-0.3, -0.25) is 9.10 Å². The van der Waals surface area contributed by atoms with E-state index in [9.17, 15) is 10.1 Å². The Hall–Kier alpha value is -2.79. The number of H-pyrrole nitrogens is 1. The molecule has 0 fully saturated rings. The molecule has 3 aromatic rings. The number of nitrogens with zero attached hydrogens (tertiary/aromatic N) is 2. The first-order valence-electron chi connectivity index (χ1n) is 10.0. The number of carbonyl (C=O) groups is 1. The molecule has 1 heterocycles. The highest BCUT2D eigenvalue weighted by Gasteiger charge is 2.40. The van der Waals surface area contributed by atoms with E-state index in [-0.39, 0.29) is 5.78 Å². The first-order chi connectivity index (χ1) is 14.8. The second-order valence-electron chi connectivity index (χ2n) is 8.29. The lowest BCUT2D eigenvalue weighted by Crippen LogP contribution is -2.30. The first kappa shape index (κ1) is 21.4. The van der Waals surface area contributed by atoms with E-state index in [2.05, 4.69) is 24.9 Å². The van der Waals surface area contributed by atoms with Gasteiger partial charge in [0, 0.05) is 34.7 Å². The van der Waals surface area contributed by atoms with E-state index >= 15 is 0 Å². The second-order valence-corrected chi connectivity index (χ2v) is 9.64. The number of methoxy groups -OCH3 is 1. The molecule has 1 aromatic heterocycles. The Morgan fingerprint density at radius 2 is 1.97 bits per heavy atom. The number of rotatable bonds is 6. The van der Waals surface area contributed by atoms with Gasteiger partial charge in [0.25, 0.3) is 0 Å². The van der Waals surface area contributed by atoms with Crippen LogP contribution in [0.4, 0.5) is 0 Å². The molecule has 0 saturated heterocycles. The molecular formula is C24H25N3O3S. The van der Waals surface area contributed by atoms with Crippen LogP contribution < -0.4 is 4.74 Å². The lowest BCUT2D eigenvalue weighted by molar-refractivity contribution is 0.103. The van der Waals surface area contributed by atoms with Gasteiger partial charge in [0.2, 0.25) is 0 Å². The minimum absolute atomic E-state index is 0.00988. The van der Waals surface area contributed by atoms with Gasteiger partial charge in [-0.2, -0.15) is 5.26 Å². The van der Waals surface area contributed by atoms with Crippen molar-refractivity contribution in [3.63, 3.8) is 0 Å². The van der Waals surface area contributed by atoms with Crippen molar-refractivity contribution in [2.24, 2.45) is 0 Å². The van der Waals surface area contributed by atoms with Gasteiger partial charge in [-0.1, -0.05) is 19.9 Å². The number of nitriles is 1. The molecule has 0 radical (unpaired) electrons. The third-order valence-corrected chi connectivity index (χ3v) is 6.49. The quantitative estimate of drug-likeness (QED) is 0.454. The topological polar surface area (TPSA) is 78.3 Å². The zero-order valence-corrected chi connectivity index (χ0v) is 19.1. The molecule has 0 saturated carbocycles. The number of benzene rings is 2. The number of fused-ring (bicyclic) bond motifs is 4. The van der Waals surface area contributed by atoms with Crippen LogP contribution in [0.15, 0.2) is 35.2 Å². The lowest BCUT2D eigenvalue weighted by atomic mass is 9.71. The van der Waals surface area contributed by atoms with Crippen LogP contribution in [-0.4, -0.2) is 49.5 Å². The summed E-state index contributed by atoms with van der Waals surface area (Å²) < 4.78 is 13.1. The predicted octanol–water partition coefficient (Wildman–Crippen LogP) is 4.50. The zero-order valence-electron chi connectivity index (χ0n) is 18.3. The number of aromatic amines is 1. The molecule has 4 rings (SSSR count). The molecule has 0 unspecified atom stereocenters. The van der Waals surface area contributed by atoms with Crippen molar-refractivity contribution in [3.8, 4) is 11.8 Å². The predicted molar refractivity (Wildman–Crippen MR) is 122 cm³/mol. The smallest absolute Gasteiger partial charge is 0.195 e. The van der Waals surface area contributed by atoms with Crippen LogP contribution in [0.5, 0.6) is 5.75 Å². The van der Waals surface area contributed by atoms with E-state index in [0.717, 1.165) is 32.8 Å². The molecule has 6 nitrogen and oxygen atoms in total. The summed E-state index contributed by atoms with van der Waals surface area (Å²) in [4.78, 5) is 18.0. The molecule has 7 heteroatoms. The van der Waals surface area contributed by atoms with Crippen molar-refractivity contribution in [1.29, 1.82) is 5.26 Å². The van der Waals surface area contributed by atoms with E-state index in [1.54, 1.807) is 19.2 Å². The largest absolute Gasteiger partial charge is 0.490 e. The minimum Gasteiger partial charge on any atom is -0.490 e. The summed E-state index contributed by atoms with van der Waals surface area (Å²) in [5.41, 5.74) is 4.09. The molecule has 0 atom stereocenters. The fourth-order valence-electron chi connectivity index (χ4n) is 4.12. The molecule has 0 aliphatic heterocycles. The normalized spacial score (nSPS) is 14.4. The van der Waals surface area contributed by atoms with Crippen molar-refractivity contribution in [1.82, 2.24) is 9.29 Å². The van der Waals surface area contributed by atoms with E-state index < -0.39 is 5.41 Å². The molecule has 0 bridgehead atoms. The van der Waals surface area contributed by atoms with E-state index in [1.807, 2.05) is 36.6 Å². The first-order valence-corrected chi connectivity index (χ1v) is 10.8. The summed E-state index contributed by atoms with van der Waals surface area (Å²) >= 11 is 1.52. The van der Waals surface area contributed by atoms with Crippen molar-refractivity contribution in [2.45, 2.75) is 24.2 Å². The van der Waals surface area contributed by atoms with Crippen LogP contribution in [0.3, 0.4) is 0 Å². The van der Waals surface area contributed by atoms with Gasteiger partial charge in [-0.15, -0.1) is 0 Å². The Morgan fingerprint density at radius 3 is 2.65 bits per heavy atom. The van der Waals surface area contributed by atoms with Crippen LogP contribution in [0, 0.1) is 11.3 Å². The number of carbonyl (C=O) groups excluding carboxylic acids is 1. The molecule has 0 amide bonds. The average Bonchev–Trinajstić information content (AvgIpc) is 3.12. The number of ketones is 1. The van der Waals surface area contributed by atoms with Crippen molar-refractivity contribution >= 4 is 28.6 Å². The summed E-state index contributed by atoms with van der Waals surface area (Å²) in [7, 11) is 5.56. The van der Waals surface area contributed by atoms with E-state index in [1.165, 1.54) is 11.9 Å². The molecular weight excluding hydrogens is 410 g/mol. The van der Waals surface area contributed by atoms with Crippen molar-refractivity contribution in [3.05, 3.63) is 58.3 Å². The second kappa shape index (κ2) is 8.04. The summed E-state index contributed by atoms with van der Waals surface area (Å²) in [5, 5.41) is 10.1. The maximum atomic E-state index is 13.7. The SMILES string of the molecule is COCCOc1cc2c(cc1SN(C)C)C(=O)c1c([nH]c3cc(C#N)ccc13)C2(C)C. The van der Waals surface area contributed by atoms with Crippen LogP contribution in [0.1, 0.15) is 46.6 Å². The van der Waals surface area contributed by atoms with Crippen LogP contribution in [-0.2, 0) is 10.2 Å². The minimum atomic E-state index is -0.439. The van der Waals surface area contributed by atoms with Gasteiger partial charge in [0.05, 0.1) is 28.7 Å².